The largest absolute Gasteiger partial charge is 0.496 e. The summed E-state index contributed by atoms with van der Waals surface area (Å²) in [6.07, 6.45) is -2.79. The summed E-state index contributed by atoms with van der Waals surface area (Å²) in [6.45, 7) is 1.04. The Hall–Kier alpha value is -1.72. The maximum atomic E-state index is 13.0. The van der Waals surface area contributed by atoms with Crippen molar-refractivity contribution in [3.63, 3.8) is 0 Å². The molecule has 0 unspecified atom stereocenters. The van der Waals surface area contributed by atoms with E-state index in [1.165, 1.54) is 30.2 Å². The van der Waals surface area contributed by atoms with E-state index in [9.17, 15) is 18.0 Å². The maximum Gasteiger partial charge on any atom is 0.264 e. The lowest BCUT2D eigenvalue weighted by Crippen LogP contribution is -2.33. The van der Waals surface area contributed by atoms with Crippen molar-refractivity contribution in [3.8, 4) is 5.75 Å². The predicted molar refractivity (Wildman–Crippen MR) is 65.5 cm³/mol. The smallest absolute Gasteiger partial charge is 0.264 e. The Labute approximate surface area is 110 Å². The molecule has 0 aliphatic carbocycles. The molecule has 3 nitrogen and oxygen atoms in total. The van der Waals surface area contributed by atoms with Crippen LogP contribution < -0.4 is 4.74 Å². The molecule has 0 bridgehead atoms. The van der Waals surface area contributed by atoms with Crippen molar-refractivity contribution in [2.75, 3.05) is 26.9 Å². The van der Waals surface area contributed by atoms with Gasteiger partial charge in [-0.05, 0) is 13.0 Å². The number of hydrogen-bond acceptors (Lipinski definition) is 2. The lowest BCUT2D eigenvalue weighted by atomic mass is 10.0. The van der Waals surface area contributed by atoms with Gasteiger partial charge < -0.3 is 9.64 Å². The molecule has 19 heavy (non-hydrogen) atoms. The number of rotatable bonds is 6. The molecule has 0 spiro atoms. The summed E-state index contributed by atoms with van der Waals surface area (Å²) in [5.74, 6) is -0.576. The van der Waals surface area contributed by atoms with Gasteiger partial charge in [0.25, 0.3) is 12.3 Å². The molecule has 0 aliphatic rings. The number of alkyl halides is 3. The first-order valence-corrected chi connectivity index (χ1v) is 5.87. The van der Waals surface area contributed by atoms with Crippen molar-refractivity contribution in [2.45, 2.75) is 13.3 Å². The van der Waals surface area contributed by atoms with Crippen LogP contribution in [0.2, 0.25) is 0 Å². The Morgan fingerprint density at radius 3 is 2.58 bits per heavy atom. The highest BCUT2D eigenvalue weighted by atomic mass is 19.3. The van der Waals surface area contributed by atoms with E-state index in [4.69, 9.17) is 4.74 Å². The van der Waals surface area contributed by atoms with Crippen LogP contribution in [0, 0.1) is 0 Å². The maximum absolute atomic E-state index is 13.0. The normalized spacial score (nSPS) is 10.6. The van der Waals surface area contributed by atoms with Gasteiger partial charge in [0.05, 0.1) is 12.7 Å². The number of benzene rings is 1. The van der Waals surface area contributed by atoms with Crippen LogP contribution in [0.25, 0.3) is 0 Å². The van der Waals surface area contributed by atoms with E-state index >= 15 is 0 Å². The van der Waals surface area contributed by atoms with Gasteiger partial charge in [-0.25, -0.2) is 13.2 Å². The van der Waals surface area contributed by atoms with Crippen molar-refractivity contribution < 1.29 is 22.7 Å². The van der Waals surface area contributed by atoms with Gasteiger partial charge in [-0.2, -0.15) is 0 Å². The first-order chi connectivity index (χ1) is 9.06. The zero-order valence-corrected chi connectivity index (χ0v) is 10.8. The van der Waals surface area contributed by atoms with Gasteiger partial charge >= 0.3 is 0 Å². The number of carbonyl (C=O) groups is 1. The van der Waals surface area contributed by atoms with Gasteiger partial charge in [0.1, 0.15) is 12.4 Å². The van der Waals surface area contributed by atoms with Gasteiger partial charge in [-0.3, -0.25) is 4.79 Å². The van der Waals surface area contributed by atoms with Crippen molar-refractivity contribution >= 4 is 5.91 Å². The quantitative estimate of drug-likeness (QED) is 0.798. The average molecular weight is 275 g/mol. The lowest BCUT2D eigenvalue weighted by molar-refractivity contribution is 0.0738. The molecule has 1 amide bonds. The molecule has 0 aromatic heterocycles. The van der Waals surface area contributed by atoms with E-state index < -0.39 is 24.6 Å². The summed E-state index contributed by atoms with van der Waals surface area (Å²) in [4.78, 5) is 13.4. The Morgan fingerprint density at radius 1 is 1.42 bits per heavy atom. The SMILES string of the molecule is CCN(CCF)C(=O)c1c(OC)cccc1C(F)F. The molecule has 106 valence electrons. The summed E-state index contributed by atoms with van der Waals surface area (Å²) in [5.41, 5.74) is -0.600. The standard InChI is InChI=1S/C13H16F3NO2/c1-3-17(8-7-14)13(18)11-9(12(15)16)5-4-6-10(11)19-2/h4-6,12H,3,7-8H2,1-2H3. The van der Waals surface area contributed by atoms with Crippen molar-refractivity contribution in [1.82, 2.24) is 4.90 Å². The second-order valence-electron chi connectivity index (χ2n) is 3.80. The molecule has 0 fully saturated rings. The number of hydrogen-bond donors (Lipinski definition) is 0. The van der Waals surface area contributed by atoms with Gasteiger partial charge in [0, 0.05) is 18.7 Å². The number of amides is 1. The molecule has 6 heteroatoms. The third kappa shape index (κ3) is 3.39. The molecule has 0 atom stereocenters. The van der Waals surface area contributed by atoms with Crippen molar-refractivity contribution in [3.05, 3.63) is 29.3 Å². The molecule has 1 aromatic carbocycles. The van der Waals surface area contributed by atoms with E-state index in [1.807, 2.05) is 0 Å². The molecule has 0 N–H and O–H groups in total. The van der Waals surface area contributed by atoms with E-state index in [0.717, 1.165) is 0 Å². The Morgan fingerprint density at radius 2 is 2.11 bits per heavy atom. The number of ether oxygens (including phenoxy) is 1. The first kappa shape index (κ1) is 15.3. The average Bonchev–Trinajstić information content (AvgIpc) is 2.42. The number of nitrogens with zero attached hydrogens (tertiary/aromatic N) is 1. The second-order valence-corrected chi connectivity index (χ2v) is 3.80. The van der Waals surface area contributed by atoms with Crippen LogP contribution in [0.15, 0.2) is 18.2 Å². The van der Waals surface area contributed by atoms with Crippen LogP contribution in [0.1, 0.15) is 29.3 Å². The minimum Gasteiger partial charge on any atom is -0.496 e. The fourth-order valence-corrected chi connectivity index (χ4v) is 1.79. The number of methoxy groups -OCH3 is 1. The molecule has 0 heterocycles. The van der Waals surface area contributed by atoms with Crippen LogP contribution in [0.3, 0.4) is 0 Å². The third-order valence-electron chi connectivity index (χ3n) is 2.75. The van der Waals surface area contributed by atoms with Crippen molar-refractivity contribution in [1.29, 1.82) is 0 Å². The molecule has 0 radical (unpaired) electrons. The second kappa shape index (κ2) is 7.01. The predicted octanol–water partition coefficient (Wildman–Crippen LogP) is 3.06. The first-order valence-electron chi connectivity index (χ1n) is 5.87. The highest BCUT2D eigenvalue weighted by Gasteiger charge is 2.25. The summed E-state index contributed by atoms with van der Waals surface area (Å²) < 4.78 is 43.2. The summed E-state index contributed by atoms with van der Waals surface area (Å²) >= 11 is 0. The van der Waals surface area contributed by atoms with Crippen LogP contribution in [-0.2, 0) is 0 Å². The number of halogens is 3. The molecule has 1 rings (SSSR count). The van der Waals surface area contributed by atoms with E-state index in [2.05, 4.69) is 0 Å². The molecule has 0 aliphatic heterocycles. The highest BCUT2D eigenvalue weighted by Crippen LogP contribution is 2.30. The zero-order valence-electron chi connectivity index (χ0n) is 10.8. The van der Waals surface area contributed by atoms with Crippen LogP contribution in [0.5, 0.6) is 5.75 Å². The van der Waals surface area contributed by atoms with Crippen LogP contribution >= 0.6 is 0 Å². The Bertz CT molecular complexity index is 438. The number of carbonyl (C=O) groups excluding carboxylic acids is 1. The molecular weight excluding hydrogens is 259 g/mol. The summed E-state index contributed by atoms with van der Waals surface area (Å²) in [6, 6.07) is 3.99. The fraction of sp³-hybridized carbons (Fsp3) is 0.462. The molecule has 0 saturated heterocycles. The van der Waals surface area contributed by atoms with Gasteiger partial charge in [-0.1, -0.05) is 12.1 Å². The lowest BCUT2D eigenvalue weighted by Gasteiger charge is -2.22. The monoisotopic (exact) mass is 275 g/mol. The van der Waals surface area contributed by atoms with Gasteiger partial charge in [0.15, 0.2) is 0 Å². The van der Waals surface area contributed by atoms with Gasteiger partial charge in [-0.15, -0.1) is 0 Å². The van der Waals surface area contributed by atoms with E-state index in [0.29, 0.717) is 0 Å². The summed E-state index contributed by atoms with van der Waals surface area (Å²) in [7, 11) is 1.30. The minimum absolute atomic E-state index is 0.0695. The topological polar surface area (TPSA) is 29.5 Å². The van der Waals surface area contributed by atoms with E-state index in [-0.39, 0.29) is 24.4 Å². The molecular formula is C13H16F3NO2. The zero-order chi connectivity index (χ0) is 14.4. The summed E-state index contributed by atoms with van der Waals surface area (Å²) in [5, 5.41) is 0. The third-order valence-corrected chi connectivity index (χ3v) is 2.75. The Balaban J connectivity index is 3.26. The van der Waals surface area contributed by atoms with E-state index in [1.54, 1.807) is 6.92 Å². The van der Waals surface area contributed by atoms with Gasteiger partial charge in [0.2, 0.25) is 0 Å². The molecule has 0 saturated carbocycles. The molecule has 1 aromatic rings. The Kier molecular flexibility index (Phi) is 5.66. The van der Waals surface area contributed by atoms with Crippen LogP contribution in [-0.4, -0.2) is 37.7 Å². The fourth-order valence-electron chi connectivity index (χ4n) is 1.79. The minimum atomic E-state index is -2.79. The van der Waals surface area contributed by atoms with Crippen LogP contribution in [0.4, 0.5) is 13.2 Å². The highest BCUT2D eigenvalue weighted by molar-refractivity contribution is 5.98. The van der Waals surface area contributed by atoms with Crippen molar-refractivity contribution in [2.24, 2.45) is 0 Å².